The Hall–Kier alpha value is -1.39. The summed E-state index contributed by atoms with van der Waals surface area (Å²) < 4.78 is 0. The van der Waals surface area contributed by atoms with Crippen molar-refractivity contribution < 1.29 is 14.4 Å². The van der Waals surface area contributed by atoms with Gasteiger partial charge in [-0.1, -0.05) is 13.8 Å². The highest BCUT2D eigenvalue weighted by Crippen LogP contribution is 2.11. The van der Waals surface area contributed by atoms with E-state index in [4.69, 9.17) is 0 Å². The van der Waals surface area contributed by atoms with Crippen LogP contribution in [0.1, 0.15) is 20.3 Å². The number of carbonyl (C=O) groups is 3. The number of imide groups is 2. The van der Waals surface area contributed by atoms with E-state index in [1.165, 1.54) is 7.05 Å². The molecule has 0 spiro atoms. The summed E-state index contributed by atoms with van der Waals surface area (Å²) in [6, 6.07) is -0.513. The maximum atomic E-state index is 11.3. The lowest BCUT2D eigenvalue weighted by Crippen LogP contribution is -2.33. The largest absolute Gasteiger partial charge is 0.333 e. The monoisotopic (exact) mass is 198 g/mol. The Balaban J connectivity index is 2.66. The zero-order valence-corrected chi connectivity index (χ0v) is 8.61. The number of hydrogen-bond acceptors (Lipinski definition) is 3. The molecule has 1 aliphatic heterocycles. The molecule has 0 aromatic heterocycles. The van der Waals surface area contributed by atoms with E-state index < -0.39 is 17.8 Å². The molecule has 0 unspecified atom stereocenters. The first-order valence-electron chi connectivity index (χ1n) is 4.58. The minimum absolute atomic E-state index is 0.325. The van der Waals surface area contributed by atoms with E-state index in [2.05, 4.69) is 0 Å². The summed E-state index contributed by atoms with van der Waals surface area (Å²) in [5, 5.41) is 0. The van der Waals surface area contributed by atoms with E-state index >= 15 is 0 Å². The van der Waals surface area contributed by atoms with Gasteiger partial charge < -0.3 is 0 Å². The molecule has 1 fully saturated rings. The van der Waals surface area contributed by atoms with Gasteiger partial charge in [0.25, 0.3) is 0 Å². The Morgan fingerprint density at radius 2 is 1.71 bits per heavy atom. The SMILES string of the molecule is CC(C)CCN1C(=O)C(=O)N(C)C1=O. The third kappa shape index (κ3) is 1.76. The summed E-state index contributed by atoms with van der Waals surface area (Å²) in [5.41, 5.74) is 0. The minimum atomic E-state index is -0.737. The van der Waals surface area contributed by atoms with E-state index in [1.807, 2.05) is 13.8 Å². The summed E-state index contributed by atoms with van der Waals surface area (Å²) in [6.07, 6.45) is 0.721. The third-order valence-electron chi connectivity index (χ3n) is 2.18. The molecule has 0 N–H and O–H groups in total. The van der Waals surface area contributed by atoms with Crippen LogP contribution in [0.5, 0.6) is 0 Å². The second kappa shape index (κ2) is 3.77. The number of amides is 4. The number of rotatable bonds is 3. The van der Waals surface area contributed by atoms with Gasteiger partial charge in [0.05, 0.1) is 0 Å². The quantitative estimate of drug-likeness (QED) is 0.488. The molecule has 1 heterocycles. The van der Waals surface area contributed by atoms with Crippen LogP contribution in [0, 0.1) is 5.92 Å². The topological polar surface area (TPSA) is 57.7 Å². The van der Waals surface area contributed by atoms with Gasteiger partial charge in [-0.15, -0.1) is 0 Å². The fraction of sp³-hybridized carbons (Fsp3) is 0.667. The highest BCUT2D eigenvalue weighted by atomic mass is 16.2. The molecule has 5 heteroatoms. The second-order valence-electron chi connectivity index (χ2n) is 3.79. The minimum Gasteiger partial charge on any atom is -0.263 e. The van der Waals surface area contributed by atoms with Gasteiger partial charge in [0.15, 0.2) is 0 Å². The van der Waals surface area contributed by atoms with Crippen LogP contribution in [0.25, 0.3) is 0 Å². The van der Waals surface area contributed by atoms with E-state index in [1.54, 1.807) is 0 Å². The van der Waals surface area contributed by atoms with Gasteiger partial charge in [-0.05, 0) is 12.3 Å². The summed E-state index contributed by atoms with van der Waals surface area (Å²) in [7, 11) is 1.32. The molecule has 0 saturated carbocycles. The highest BCUT2D eigenvalue weighted by Gasteiger charge is 2.41. The van der Waals surface area contributed by atoms with Gasteiger partial charge in [-0.2, -0.15) is 0 Å². The molecule has 0 atom stereocenters. The smallest absolute Gasteiger partial charge is 0.263 e. The predicted molar refractivity (Wildman–Crippen MR) is 49.3 cm³/mol. The molecule has 0 bridgehead atoms. The van der Waals surface area contributed by atoms with Crippen molar-refractivity contribution in [2.45, 2.75) is 20.3 Å². The maximum Gasteiger partial charge on any atom is 0.333 e. The lowest BCUT2D eigenvalue weighted by atomic mass is 10.1. The summed E-state index contributed by atoms with van der Waals surface area (Å²) in [5.74, 6) is -1.05. The van der Waals surface area contributed by atoms with Crippen LogP contribution in [-0.2, 0) is 9.59 Å². The first kappa shape index (κ1) is 10.7. The Morgan fingerprint density at radius 1 is 1.14 bits per heavy atom. The van der Waals surface area contributed by atoms with E-state index in [0.717, 1.165) is 16.2 Å². The third-order valence-corrected chi connectivity index (χ3v) is 2.18. The van der Waals surface area contributed by atoms with Crippen LogP contribution in [-0.4, -0.2) is 41.2 Å². The summed E-state index contributed by atoms with van der Waals surface area (Å²) in [4.78, 5) is 35.5. The van der Waals surface area contributed by atoms with Crippen LogP contribution in [0.3, 0.4) is 0 Å². The van der Waals surface area contributed by atoms with Gasteiger partial charge in [-0.25, -0.2) is 4.79 Å². The molecule has 14 heavy (non-hydrogen) atoms. The molecule has 5 nitrogen and oxygen atoms in total. The first-order valence-corrected chi connectivity index (χ1v) is 4.58. The Bertz CT molecular complexity index is 286. The number of hydrogen-bond donors (Lipinski definition) is 0. The molecule has 0 radical (unpaired) electrons. The zero-order chi connectivity index (χ0) is 10.9. The molecule has 1 saturated heterocycles. The first-order chi connectivity index (χ1) is 6.45. The molecule has 0 aliphatic carbocycles. The van der Waals surface area contributed by atoms with Crippen molar-refractivity contribution in [3.05, 3.63) is 0 Å². The molecule has 1 aliphatic rings. The van der Waals surface area contributed by atoms with Crippen molar-refractivity contribution in [1.29, 1.82) is 0 Å². The number of nitrogens with zero attached hydrogens (tertiary/aromatic N) is 2. The van der Waals surface area contributed by atoms with Crippen molar-refractivity contribution in [3.8, 4) is 0 Å². The predicted octanol–water partition coefficient (Wildman–Crippen LogP) is 0.453. The lowest BCUT2D eigenvalue weighted by Gasteiger charge is -2.13. The number of carbonyl (C=O) groups excluding carboxylic acids is 3. The zero-order valence-electron chi connectivity index (χ0n) is 8.61. The van der Waals surface area contributed by atoms with Crippen molar-refractivity contribution in [2.75, 3.05) is 13.6 Å². The standard InChI is InChI=1S/C9H14N2O3/c1-6(2)4-5-11-8(13)7(12)10(3)9(11)14/h6H,4-5H2,1-3H3. The fourth-order valence-corrected chi connectivity index (χ4v) is 1.20. The molecule has 0 aromatic rings. The second-order valence-corrected chi connectivity index (χ2v) is 3.79. The number of likely N-dealkylation sites (N-methyl/N-ethyl adjacent to an activating group) is 1. The van der Waals surface area contributed by atoms with Crippen LogP contribution >= 0.6 is 0 Å². The van der Waals surface area contributed by atoms with Gasteiger partial charge in [0, 0.05) is 13.6 Å². The molecule has 0 aromatic carbocycles. The van der Waals surface area contributed by atoms with Crippen LogP contribution in [0.15, 0.2) is 0 Å². The summed E-state index contributed by atoms with van der Waals surface area (Å²) >= 11 is 0. The average Bonchev–Trinajstić information content (AvgIpc) is 2.29. The van der Waals surface area contributed by atoms with Gasteiger partial charge in [0.2, 0.25) is 0 Å². The Kier molecular flexibility index (Phi) is 2.88. The Labute approximate surface area is 82.7 Å². The lowest BCUT2D eigenvalue weighted by molar-refractivity contribution is -0.142. The maximum absolute atomic E-state index is 11.3. The van der Waals surface area contributed by atoms with Crippen molar-refractivity contribution in [1.82, 2.24) is 9.80 Å². The van der Waals surface area contributed by atoms with Crippen molar-refractivity contribution >= 4 is 17.8 Å². The van der Waals surface area contributed by atoms with Gasteiger partial charge in [-0.3, -0.25) is 19.4 Å². The normalized spacial score (nSPS) is 17.6. The van der Waals surface area contributed by atoms with E-state index in [9.17, 15) is 14.4 Å². The van der Waals surface area contributed by atoms with Crippen molar-refractivity contribution in [3.63, 3.8) is 0 Å². The average molecular weight is 198 g/mol. The molecule has 78 valence electrons. The van der Waals surface area contributed by atoms with E-state index in [0.29, 0.717) is 12.5 Å². The molecular formula is C9H14N2O3. The van der Waals surface area contributed by atoms with Crippen LogP contribution in [0.2, 0.25) is 0 Å². The molecule has 4 amide bonds. The Morgan fingerprint density at radius 3 is 2.07 bits per heavy atom. The molecular weight excluding hydrogens is 184 g/mol. The van der Waals surface area contributed by atoms with Gasteiger partial charge in [0.1, 0.15) is 0 Å². The summed E-state index contributed by atoms with van der Waals surface area (Å²) in [6.45, 7) is 4.32. The highest BCUT2D eigenvalue weighted by molar-refractivity contribution is 6.44. The van der Waals surface area contributed by atoms with Crippen molar-refractivity contribution in [2.24, 2.45) is 5.92 Å². The fourth-order valence-electron chi connectivity index (χ4n) is 1.20. The molecule has 1 rings (SSSR count). The van der Waals surface area contributed by atoms with E-state index in [-0.39, 0.29) is 0 Å². The van der Waals surface area contributed by atoms with Crippen LogP contribution in [0.4, 0.5) is 4.79 Å². The number of urea groups is 1. The van der Waals surface area contributed by atoms with Gasteiger partial charge >= 0.3 is 17.8 Å². The van der Waals surface area contributed by atoms with Crippen LogP contribution < -0.4 is 0 Å².